The molecule has 0 fully saturated rings. The van der Waals surface area contributed by atoms with Crippen molar-refractivity contribution in [3.63, 3.8) is 0 Å². The molecule has 0 N–H and O–H groups in total. The SMILES string of the molecule is Cc1nc(-c2cncc(F)c2)no1. The summed E-state index contributed by atoms with van der Waals surface area (Å²) in [7, 11) is 0. The van der Waals surface area contributed by atoms with Crippen molar-refractivity contribution in [1.82, 2.24) is 15.1 Å². The lowest BCUT2D eigenvalue weighted by Gasteiger charge is -1.91. The topological polar surface area (TPSA) is 51.8 Å². The smallest absolute Gasteiger partial charge is 0.223 e. The molecule has 0 radical (unpaired) electrons. The highest BCUT2D eigenvalue weighted by molar-refractivity contribution is 5.52. The van der Waals surface area contributed by atoms with Gasteiger partial charge in [0.1, 0.15) is 5.82 Å². The molecule has 0 saturated carbocycles. The van der Waals surface area contributed by atoms with Crippen LogP contribution >= 0.6 is 0 Å². The van der Waals surface area contributed by atoms with E-state index in [4.69, 9.17) is 4.52 Å². The standard InChI is InChI=1S/C8H6FN3O/c1-5-11-8(12-13-5)6-2-7(9)4-10-3-6/h2-4H,1H3. The molecule has 2 aromatic heterocycles. The number of hydrogen-bond donors (Lipinski definition) is 0. The zero-order valence-electron chi connectivity index (χ0n) is 6.86. The van der Waals surface area contributed by atoms with Crippen LogP contribution in [0.4, 0.5) is 4.39 Å². The summed E-state index contributed by atoms with van der Waals surface area (Å²) in [5.41, 5.74) is 0.511. The lowest BCUT2D eigenvalue weighted by atomic mass is 10.3. The first-order chi connectivity index (χ1) is 6.25. The highest BCUT2D eigenvalue weighted by Gasteiger charge is 2.06. The molecule has 13 heavy (non-hydrogen) atoms. The van der Waals surface area contributed by atoms with E-state index in [0.29, 0.717) is 17.3 Å². The van der Waals surface area contributed by atoms with Crippen molar-refractivity contribution in [2.24, 2.45) is 0 Å². The Morgan fingerprint density at radius 1 is 1.38 bits per heavy atom. The zero-order valence-corrected chi connectivity index (χ0v) is 6.86. The van der Waals surface area contributed by atoms with Crippen LogP contribution in [0.5, 0.6) is 0 Å². The van der Waals surface area contributed by atoms with Crippen molar-refractivity contribution in [2.75, 3.05) is 0 Å². The van der Waals surface area contributed by atoms with Crippen LogP contribution in [0.1, 0.15) is 5.89 Å². The van der Waals surface area contributed by atoms with Crippen LogP contribution in [0, 0.1) is 12.7 Å². The molecule has 0 unspecified atom stereocenters. The molecule has 0 aliphatic rings. The minimum Gasteiger partial charge on any atom is -0.339 e. The zero-order chi connectivity index (χ0) is 9.26. The van der Waals surface area contributed by atoms with Gasteiger partial charge in [-0.1, -0.05) is 5.16 Å². The van der Waals surface area contributed by atoms with Crippen LogP contribution in [0.25, 0.3) is 11.4 Å². The van der Waals surface area contributed by atoms with Gasteiger partial charge in [0.2, 0.25) is 11.7 Å². The van der Waals surface area contributed by atoms with Gasteiger partial charge < -0.3 is 4.52 Å². The Kier molecular flexibility index (Phi) is 1.77. The molecule has 2 aromatic rings. The van der Waals surface area contributed by atoms with Crippen molar-refractivity contribution in [3.8, 4) is 11.4 Å². The second-order valence-electron chi connectivity index (χ2n) is 2.53. The quantitative estimate of drug-likeness (QED) is 0.666. The minimum atomic E-state index is -0.417. The molecule has 0 amide bonds. The van der Waals surface area contributed by atoms with Crippen LogP contribution in [-0.4, -0.2) is 15.1 Å². The first-order valence-corrected chi connectivity index (χ1v) is 3.67. The molecular formula is C8H6FN3O. The molecule has 0 saturated heterocycles. The Hall–Kier alpha value is -1.78. The third-order valence-electron chi connectivity index (χ3n) is 1.49. The van der Waals surface area contributed by atoms with Crippen molar-refractivity contribution in [1.29, 1.82) is 0 Å². The second-order valence-corrected chi connectivity index (χ2v) is 2.53. The van der Waals surface area contributed by atoms with Gasteiger partial charge in [-0.2, -0.15) is 4.98 Å². The number of aromatic nitrogens is 3. The molecule has 0 aliphatic heterocycles. The van der Waals surface area contributed by atoms with Gasteiger partial charge in [0.15, 0.2) is 0 Å². The maximum atomic E-state index is 12.7. The van der Waals surface area contributed by atoms with E-state index in [1.54, 1.807) is 6.92 Å². The Bertz CT molecular complexity index is 427. The van der Waals surface area contributed by atoms with E-state index in [1.165, 1.54) is 12.3 Å². The summed E-state index contributed by atoms with van der Waals surface area (Å²) < 4.78 is 17.5. The molecule has 0 atom stereocenters. The van der Waals surface area contributed by atoms with Crippen LogP contribution in [0.3, 0.4) is 0 Å². The molecule has 4 nitrogen and oxygen atoms in total. The van der Waals surface area contributed by atoms with Crippen molar-refractivity contribution >= 4 is 0 Å². The van der Waals surface area contributed by atoms with Gasteiger partial charge in [0, 0.05) is 18.7 Å². The number of aryl methyl sites for hydroxylation is 1. The lowest BCUT2D eigenvalue weighted by Crippen LogP contribution is -1.84. The molecule has 0 aliphatic carbocycles. The Balaban J connectivity index is 2.46. The summed E-state index contributed by atoms with van der Waals surface area (Å²) >= 11 is 0. The Morgan fingerprint density at radius 3 is 2.85 bits per heavy atom. The van der Waals surface area contributed by atoms with Gasteiger partial charge in [0.25, 0.3) is 0 Å². The van der Waals surface area contributed by atoms with Gasteiger partial charge in [-0.25, -0.2) is 4.39 Å². The predicted octanol–water partition coefficient (Wildman–Crippen LogP) is 1.58. The van der Waals surface area contributed by atoms with Crippen LogP contribution in [0.15, 0.2) is 23.0 Å². The second kappa shape index (κ2) is 2.93. The molecule has 2 heterocycles. The van der Waals surface area contributed by atoms with Crippen LogP contribution in [0.2, 0.25) is 0 Å². The third kappa shape index (κ3) is 1.53. The molecule has 0 bridgehead atoms. The van der Waals surface area contributed by atoms with E-state index in [-0.39, 0.29) is 0 Å². The molecule has 0 aromatic carbocycles. The van der Waals surface area contributed by atoms with E-state index in [9.17, 15) is 4.39 Å². The number of hydrogen-bond acceptors (Lipinski definition) is 4. The fourth-order valence-corrected chi connectivity index (χ4v) is 0.951. The Labute approximate surface area is 73.4 Å². The molecule has 66 valence electrons. The van der Waals surface area contributed by atoms with Gasteiger partial charge in [-0.15, -0.1) is 0 Å². The molecule has 0 spiro atoms. The Morgan fingerprint density at radius 2 is 2.23 bits per heavy atom. The first-order valence-electron chi connectivity index (χ1n) is 3.67. The van der Waals surface area contributed by atoms with E-state index < -0.39 is 5.82 Å². The van der Waals surface area contributed by atoms with E-state index >= 15 is 0 Å². The van der Waals surface area contributed by atoms with Gasteiger partial charge in [0.05, 0.1) is 6.20 Å². The van der Waals surface area contributed by atoms with E-state index in [2.05, 4.69) is 15.1 Å². The normalized spacial score (nSPS) is 10.3. The average molecular weight is 179 g/mol. The van der Waals surface area contributed by atoms with Gasteiger partial charge in [-0.05, 0) is 6.07 Å². The largest absolute Gasteiger partial charge is 0.339 e. The highest BCUT2D eigenvalue weighted by atomic mass is 19.1. The minimum absolute atomic E-state index is 0.351. The van der Waals surface area contributed by atoms with Gasteiger partial charge >= 0.3 is 0 Å². The maximum Gasteiger partial charge on any atom is 0.223 e. The van der Waals surface area contributed by atoms with Crippen molar-refractivity contribution in [3.05, 3.63) is 30.2 Å². The number of nitrogens with zero attached hydrogens (tertiary/aromatic N) is 3. The first kappa shape index (κ1) is 7.85. The van der Waals surface area contributed by atoms with Crippen molar-refractivity contribution in [2.45, 2.75) is 6.92 Å². The van der Waals surface area contributed by atoms with E-state index in [0.717, 1.165) is 6.20 Å². The molecule has 2 rings (SSSR count). The summed E-state index contributed by atoms with van der Waals surface area (Å²) in [6.07, 6.45) is 2.60. The number of pyridine rings is 1. The summed E-state index contributed by atoms with van der Waals surface area (Å²) in [5, 5.41) is 3.63. The average Bonchev–Trinajstić information content (AvgIpc) is 2.52. The van der Waals surface area contributed by atoms with Crippen LogP contribution < -0.4 is 0 Å². The third-order valence-corrected chi connectivity index (χ3v) is 1.49. The number of rotatable bonds is 1. The monoisotopic (exact) mass is 179 g/mol. The summed E-state index contributed by atoms with van der Waals surface area (Å²) in [6, 6.07) is 1.30. The fraction of sp³-hybridized carbons (Fsp3) is 0.125. The predicted molar refractivity (Wildman–Crippen MR) is 42.2 cm³/mol. The summed E-state index contributed by atoms with van der Waals surface area (Å²) in [5.74, 6) is 0.378. The summed E-state index contributed by atoms with van der Waals surface area (Å²) in [6.45, 7) is 1.67. The van der Waals surface area contributed by atoms with Crippen molar-refractivity contribution < 1.29 is 8.91 Å². The lowest BCUT2D eigenvalue weighted by molar-refractivity contribution is 0.394. The molecule has 5 heteroatoms. The molecular weight excluding hydrogens is 173 g/mol. The van der Waals surface area contributed by atoms with Crippen LogP contribution in [-0.2, 0) is 0 Å². The summed E-state index contributed by atoms with van der Waals surface area (Å²) in [4.78, 5) is 7.61. The maximum absolute atomic E-state index is 12.7. The van der Waals surface area contributed by atoms with E-state index in [1.807, 2.05) is 0 Å². The number of halogens is 1. The highest BCUT2D eigenvalue weighted by Crippen LogP contribution is 2.14. The fourth-order valence-electron chi connectivity index (χ4n) is 0.951. The van der Waals surface area contributed by atoms with Gasteiger partial charge in [-0.3, -0.25) is 4.98 Å².